The van der Waals surface area contributed by atoms with Gasteiger partial charge in [-0.1, -0.05) is 23.7 Å². The largest absolute Gasteiger partial charge is 0.399 e. The number of benzene rings is 2. The second kappa shape index (κ2) is 4.90. The molecule has 0 saturated heterocycles. The molecule has 2 N–H and O–H groups in total. The Morgan fingerprint density at radius 2 is 1.95 bits per heavy atom. The molecular weight excluding hydrogens is 281 g/mol. The van der Waals surface area contributed by atoms with Crippen LogP contribution in [0.1, 0.15) is 0 Å². The monoisotopic (exact) mass is 289 g/mol. The summed E-state index contributed by atoms with van der Waals surface area (Å²) in [6.07, 6.45) is 0. The van der Waals surface area contributed by atoms with Crippen LogP contribution in [0.25, 0.3) is 17.1 Å². The maximum atomic E-state index is 13.8. The summed E-state index contributed by atoms with van der Waals surface area (Å²) in [5.41, 5.74) is 7.10. The van der Waals surface area contributed by atoms with E-state index in [4.69, 9.17) is 17.3 Å². The van der Waals surface area contributed by atoms with Gasteiger partial charge in [0.15, 0.2) is 5.82 Å². The van der Waals surface area contributed by atoms with Gasteiger partial charge in [0, 0.05) is 16.3 Å². The predicted octanol–water partition coefficient (Wildman–Crippen LogP) is 2.70. The van der Waals surface area contributed by atoms with E-state index in [2.05, 4.69) is 15.5 Å². The molecule has 5 nitrogen and oxygen atoms in total. The minimum atomic E-state index is -0.420. The zero-order valence-corrected chi connectivity index (χ0v) is 10.9. The number of halogens is 2. The van der Waals surface area contributed by atoms with Crippen LogP contribution >= 0.6 is 11.6 Å². The second-order valence-corrected chi connectivity index (χ2v) is 4.58. The molecule has 0 radical (unpaired) electrons. The number of para-hydroxylation sites is 1. The summed E-state index contributed by atoms with van der Waals surface area (Å²) in [6, 6.07) is 11.2. The first kappa shape index (κ1) is 12.6. The zero-order valence-electron chi connectivity index (χ0n) is 10.2. The third-order valence-electron chi connectivity index (χ3n) is 2.73. The van der Waals surface area contributed by atoms with Crippen LogP contribution in [0, 0.1) is 5.82 Å². The smallest absolute Gasteiger partial charge is 0.187 e. The van der Waals surface area contributed by atoms with Gasteiger partial charge in [-0.25, -0.2) is 4.39 Å². The Labute approximate surface area is 118 Å². The van der Waals surface area contributed by atoms with Gasteiger partial charge in [-0.2, -0.15) is 4.68 Å². The molecule has 0 saturated carbocycles. The molecule has 100 valence electrons. The van der Waals surface area contributed by atoms with Crippen LogP contribution in [0.4, 0.5) is 10.1 Å². The van der Waals surface area contributed by atoms with Gasteiger partial charge in [-0.15, -0.1) is 5.10 Å². The highest BCUT2D eigenvalue weighted by atomic mass is 35.5. The summed E-state index contributed by atoms with van der Waals surface area (Å²) in [7, 11) is 0. The molecule has 0 aliphatic heterocycles. The maximum Gasteiger partial charge on any atom is 0.187 e. The first-order valence-electron chi connectivity index (χ1n) is 5.75. The number of rotatable bonds is 2. The lowest BCUT2D eigenvalue weighted by molar-refractivity contribution is 0.608. The molecule has 1 aromatic heterocycles. The van der Waals surface area contributed by atoms with E-state index in [1.165, 1.54) is 10.7 Å². The fourth-order valence-corrected chi connectivity index (χ4v) is 2.14. The van der Waals surface area contributed by atoms with Crippen molar-refractivity contribution < 1.29 is 4.39 Å². The molecule has 0 aliphatic rings. The lowest BCUT2D eigenvalue weighted by atomic mass is 10.2. The van der Waals surface area contributed by atoms with E-state index in [0.717, 1.165) is 0 Å². The molecule has 0 aliphatic carbocycles. The molecular formula is C13H9ClFN5. The Balaban J connectivity index is 2.18. The zero-order chi connectivity index (χ0) is 14.1. The molecule has 1 heterocycles. The average molecular weight is 290 g/mol. The standard InChI is InChI=1S/C13H9ClFN5/c14-9-5-8(6-10(16)7-9)13-17-18-19-20(13)12-4-2-1-3-11(12)15/h1-7H,16H2. The summed E-state index contributed by atoms with van der Waals surface area (Å²) in [4.78, 5) is 0. The van der Waals surface area contributed by atoms with Gasteiger partial charge < -0.3 is 5.73 Å². The lowest BCUT2D eigenvalue weighted by Gasteiger charge is -2.06. The summed E-state index contributed by atoms with van der Waals surface area (Å²) >= 11 is 5.96. The molecule has 20 heavy (non-hydrogen) atoms. The Kier molecular flexibility index (Phi) is 3.08. The molecule has 2 aromatic carbocycles. The van der Waals surface area contributed by atoms with Gasteiger partial charge in [0.1, 0.15) is 11.5 Å². The molecule has 0 bridgehead atoms. The van der Waals surface area contributed by atoms with E-state index < -0.39 is 5.82 Å². The number of hydrogen-bond donors (Lipinski definition) is 1. The highest BCUT2D eigenvalue weighted by molar-refractivity contribution is 6.31. The second-order valence-electron chi connectivity index (χ2n) is 4.14. The van der Waals surface area contributed by atoms with Crippen molar-refractivity contribution in [2.45, 2.75) is 0 Å². The third kappa shape index (κ3) is 2.21. The summed E-state index contributed by atoms with van der Waals surface area (Å²) in [5.74, 6) is -0.0552. The highest BCUT2D eigenvalue weighted by Gasteiger charge is 2.14. The molecule has 0 amide bonds. The van der Waals surface area contributed by atoms with Crippen molar-refractivity contribution in [2.75, 3.05) is 5.73 Å². The topological polar surface area (TPSA) is 69.6 Å². The van der Waals surface area contributed by atoms with E-state index in [1.807, 2.05) is 0 Å². The molecule has 0 unspecified atom stereocenters. The van der Waals surface area contributed by atoms with E-state index in [9.17, 15) is 4.39 Å². The van der Waals surface area contributed by atoms with Crippen molar-refractivity contribution in [1.82, 2.24) is 20.2 Å². The highest BCUT2D eigenvalue weighted by Crippen LogP contribution is 2.26. The summed E-state index contributed by atoms with van der Waals surface area (Å²) in [5, 5.41) is 11.8. The Bertz CT molecular complexity index is 751. The van der Waals surface area contributed by atoms with Gasteiger partial charge in [-0.05, 0) is 40.8 Å². The van der Waals surface area contributed by atoms with Crippen molar-refractivity contribution in [3.8, 4) is 17.1 Å². The average Bonchev–Trinajstić information content (AvgIpc) is 2.87. The van der Waals surface area contributed by atoms with E-state index >= 15 is 0 Å². The van der Waals surface area contributed by atoms with Crippen LogP contribution in [0.15, 0.2) is 42.5 Å². The SMILES string of the molecule is Nc1cc(Cl)cc(-c2nnnn2-c2ccccc2F)c1. The van der Waals surface area contributed by atoms with E-state index in [0.29, 0.717) is 22.1 Å². The van der Waals surface area contributed by atoms with Gasteiger partial charge in [0.2, 0.25) is 0 Å². The van der Waals surface area contributed by atoms with Crippen LogP contribution in [-0.2, 0) is 0 Å². The molecule has 3 aromatic rings. The number of hydrogen-bond acceptors (Lipinski definition) is 4. The Hall–Kier alpha value is -2.47. The van der Waals surface area contributed by atoms with Gasteiger partial charge in [-0.3, -0.25) is 0 Å². The molecule has 0 fully saturated rings. The van der Waals surface area contributed by atoms with Crippen molar-refractivity contribution in [3.05, 3.63) is 53.3 Å². The van der Waals surface area contributed by atoms with Gasteiger partial charge >= 0.3 is 0 Å². The minimum absolute atomic E-state index is 0.256. The molecule has 0 spiro atoms. The fourth-order valence-electron chi connectivity index (χ4n) is 1.89. The molecule has 3 rings (SSSR count). The fraction of sp³-hybridized carbons (Fsp3) is 0. The number of anilines is 1. The predicted molar refractivity (Wildman–Crippen MR) is 74.0 cm³/mol. The summed E-state index contributed by atoms with van der Waals surface area (Å²) in [6.45, 7) is 0. The quantitative estimate of drug-likeness (QED) is 0.736. The van der Waals surface area contributed by atoms with Crippen molar-refractivity contribution in [2.24, 2.45) is 0 Å². The Morgan fingerprint density at radius 3 is 2.70 bits per heavy atom. The number of tetrazole rings is 1. The number of aromatic nitrogens is 4. The number of nitrogen functional groups attached to an aromatic ring is 1. The van der Waals surface area contributed by atoms with Crippen molar-refractivity contribution >= 4 is 17.3 Å². The first-order chi connectivity index (χ1) is 9.65. The minimum Gasteiger partial charge on any atom is -0.399 e. The van der Waals surface area contributed by atoms with E-state index in [1.54, 1.807) is 36.4 Å². The van der Waals surface area contributed by atoms with Crippen LogP contribution in [0.2, 0.25) is 5.02 Å². The van der Waals surface area contributed by atoms with E-state index in [-0.39, 0.29) is 5.69 Å². The maximum absolute atomic E-state index is 13.8. The van der Waals surface area contributed by atoms with Crippen molar-refractivity contribution in [1.29, 1.82) is 0 Å². The van der Waals surface area contributed by atoms with Crippen LogP contribution in [-0.4, -0.2) is 20.2 Å². The number of nitrogens with zero attached hydrogens (tertiary/aromatic N) is 4. The van der Waals surface area contributed by atoms with Crippen LogP contribution in [0.3, 0.4) is 0 Å². The first-order valence-corrected chi connectivity index (χ1v) is 6.12. The Morgan fingerprint density at radius 1 is 1.15 bits per heavy atom. The van der Waals surface area contributed by atoms with Crippen LogP contribution < -0.4 is 5.73 Å². The van der Waals surface area contributed by atoms with Gasteiger partial charge in [0.05, 0.1) is 0 Å². The van der Waals surface area contributed by atoms with Crippen molar-refractivity contribution in [3.63, 3.8) is 0 Å². The number of nitrogens with two attached hydrogens (primary N) is 1. The lowest BCUT2D eigenvalue weighted by Crippen LogP contribution is -2.02. The molecule has 0 atom stereocenters. The third-order valence-corrected chi connectivity index (χ3v) is 2.95. The molecule has 7 heteroatoms. The van der Waals surface area contributed by atoms with Crippen LogP contribution in [0.5, 0.6) is 0 Å². The van der Waals surface area contributed by atoms with Gasteiger partial charge in [0.25, 0.3) is 0 Å². The normalized spacial score (nSPS) is 10.7. The summed E-state index contributed by atoms with van der Waals surface area (Å²) < 4.78 is 15.1.